The maximum atomic E-state index is 14.5. The quantitative estimate of drug-likeness (QED) is 0.328. The molecule has 1 aliphatic rings. The Morgan fingerprint density at radius 1 is 1.05 bits per heavy atom. The van der Waals surface area contributed by atoms with Gasteiger partial charge in [0.1, 0.15) is 16.8 Å². The number of nitrogens with one attached hydrogen (secondary N) is 1. The predicted molar refractivity (Wildman–Crippen MR) is 155 cm³/mol. The molecule has 1 fully saturated rings. The Kier molecular flexibility index (Phi) is 9.96. The number of amidine groups is 1. The minimum atomic E-state index is -0.796. The highest BCUT2D eigenvalue weighted by Gasteiger charge is 2.36. The van der Waals surface area contributed by atoms with Gasteiger partial charge in [0.15, 0.2) is 16.7 Å². The molecule has 0 spiro atoms. The van der Waals surface area contributed by atoms with Gasteiger partial charge in [-0.2, -0.15) is 0 Å². The van der Waals surface area contributed by atoms with Gasteiger partial charge in [-0.1, -0.05) is 30.0 Å². The lowest BCUT2D eigenvalue weighted by atomic mass is 10.1. The summed E-state index contributed by atoms with van der Waals surface area (Å²) in [5, 5.41) is 2.22. The third-order valence-corrected chi connectivity index (χ3v) is 7.42. The predicted octanol–water partition coefficient (Wildman–Crippen LogP) is 5.22. The van der Waals surface area contributed by atoms with Crippen molar-refractivity contribution >= 4 is 46.1 Å². The molecule has 0 aliphatic carbocycles. The van der Waals surface area contributed by atoms with Gasteiger partial charge in [-0.05, 0) is 67.4 Å². The SMILES string of the molecule is CCOC(=O)c1ccc(NC(=O)C2CC(=O)N(CCc3ccc(OC)c(OC)c3)C(=Nc3ccccc3F)S2)cc1. The molecule has 1 heterocycles. The van der Waals surface area contributed by atoms with Crippen molar-refractivity contribution in [1.82, 2.24) is 4.90 Å². The molecule has 1 unspecified atom stereocenters. The summed E-state index contributed by atoms with van der Waals surface area (Å²) in [5.41, 5.74) is 1.78. The molecule has 0 saturated carbocycles. The van der Waals surface area contributed by atoms with E-state index in [0.29, 0.717) is 29.2 Å². The van der Waals surface area contributed by atoms with Crippen molar-refractivity contribution in [1.29, 1.82) is 0 Å². The molecule has 214 valence electrons. The summed E-state index contributed by atoms with van der Waals surface area (Å²) in [6.07, 6.45) is 0.395. The average molecular weight is 580 g/mol. The molecule has 9 nitrogen and oxygen atoms in total. The first-order chi connectivity index (χ1) is 19.8. The van der Waals surface area contributed by atoms with Crippen LogP contribution >= 0.6 is 11.8 Å². The highest BCUT2D eigenvalue weighted by atomic mass is 32.2. The number of aliphatic imine (C=N–C) groups is 1. The number of anilines is 1. The van der Waals surface area contributed by atoms with Crippen molar-refractivity contribution < 1.29 is 33.0 Å². The van der Waals surface area contributed by atoms with E-state index in [2.05, 4.69) is 10.3 Å². The van der Waals surface area contributed by atoms with Crippen LogP contribution in [0.25, 0.3) is 0 Å². The summed E-state index contributed by atoms with van der Waals surface area (Å²) in [5.74, 6) is -0.559. The molecule has 41 heavy (non-hydrogen) atoms. The van der Waals surface area contributed by atoms with Crippen LogP contribution in [0.2, 0.25) is 0 Å². The van der Waals surface area contributed by atoms with E-state index < -0.39 is 22.9 Å². The van der Waals surface area contributed by atoms with Gasteiger partial charge in [0.2, 0.25) is 11.8 Å². The van der Waals surface area contributed by atoms with E-state index in [0.717, 1.165) is 17.3 Å². The van der Waals surface area contributed by atoms with Crippen molar-refractivity contribution in [3.8, 4) is 11.5 Å². The Morgan fingerprint density at radius 3 is 2.46 bits per heavy atom. The van der Waals surface area contributed by atoms with Crippen LogP contribution in [0.3, 0.4) is 0 Å². The highest BCUT2D eigenvalue weighted by Crippen LogP contribution is 2.32. The van der Waals surface area contributed by atoms with Gasteiger partial charge in [0.25, 0.3) is 0 Å². The van der Waals surface area contributed by atoms with Crippen LogP contribution in [0, 0.1) is 5.82 Å². The number of carbonyl (C=O) groups excluding carboxylic acids is 3. The number of rotatable bonds is 10. The number of para-hydroxylation sites is 1. The topological polar surface area (TPSA) is 107 Å². The number of halogens is 1. The first kappa shape index (κ1) is 29.6. The monoisotopic (exact) mass is 579 g/mol. The van der Waals surface area contributed by atoms with Crippen LogP contribution in [0.5, 0.6) is 11.5 Å². The second-order valence-corrected chi connectivity index (χ2v) is 10.1. The van der Waals surface area contributed by atoms with Crippen molar-refractivity contribution in [2.75, 3.05) is 32.7 Å². The number of esters is 1. The largest absolute Gasteiger partial charge is 0.493 e. The van der Waals surface area contributed by atoms with Gasteiger partial charge in [-0.3, -0.25) is 14.5 Å². The Hall–Kier alpha value is -4.38. The van der Waals surface area contributed by atoms with Crippen molar-refractivity contribution in [3.05, 3.63) is 83.7 Å². The van der Waals surface area contributed by atoms with Crippen molar-refractivity contribution in [3.63, 3.8) is 0 Å². The lowest BCUT2D eigenvalue weighted by Crippen LogP contribution is -2.46. The van der Waals surface area contributed by atoms with Gasteiger partial charge in [0, 0.05) is 18.7 Å². The number of hydrogen-bond donors (Lipinski definition) is 1. The maximum Gasteiger partial charge on any atom is 0.338 e. The number of nitrogens with zero attached hydrogens (tertiary/aromatic N) is 2. The smallest absolute Gasteiger partial charge is 0.338 e. The fraction of sp³-hybridized carbons (Fsp3) is 0.267. The van der Waals surface area contributed by atoms with Crippen LogP contribution in [0.15, 0.2) is 71.7 Å². The van der Waals surface area contributed by atoms with Crippen molar-refractivity contribution in [2.24, 2.45) is 4.99 Å². The fourth-order valence-corrected chi connectivity index (χ4v) is 5.23. The first-order valence-corrected chi connectivity index (χ1v) is 13.8. The molecule has 1 saturated heterocycles. The molecule has 3 aromatic carbocycles. The van der Waals surface area contributed by atoms with E-state index in [1.165, 1.54) is 17.0 Å². The van der Waals surface area contributed by atoms with Crippen LogP contribution in [0.4, 0.5) is 15.8 Å². The fourth-order valence-electron chi connectivity index (χ4n) is 4.11. The molecule has 2 amide bonds. The van der Waals surface area contributed by atoms with Gasteiger partial charge >= 0.3 is 5.97 Å². The number of thioether (sulfide) groups is 1. The lowest BCUT2D eigenvalue weighted by Gasteiger charge is -2.32. The second kappa shape index (κ2) is 13.8. The minimum absolute atomic E-state index is 0.0644. The van der Waals surface area contributed by atoms with E-state index in [-0.39, 0.29) is 36.3 Å². The Bertz CT molecular complexity index is 1450. The van der Waals surface area contributed by atoms with Crippen LogP contribution in [-0.2, 0) is 20.7 Å². The zero-order valence-corrected chi connectivity index (χ0v) is 23.7. The second-order valence-electron chi connectivity index (χ2n) is 8.93. The lowest BCUT2D eigenvalue weighted by molar-refractivity contribution is -0.129. The number of methoxy groups -OCH3 is 2. The third kappa shape index (κ3) is 7.43. The summed E-state index contributed by atoms with van der Waals surface area (Å²) in [6, 6.07) is 17.8. The molecular weight excluding hydrogens is 549 g/mol. The molecule has 11 heteroatoms. The third-order valence-electron chi connectivity index (χ3n) is 6.24. The molecule has 0 aromatic heterocycles. The standard InChI is InChI=1S/C30H30FN3O6S/c1-4-40-29(37)20-10-12-21(13-11-20)32-28(36)26-18-27(35)34(30(41-26)33-23-8-6-5-7-22(23)31)16-15-19-9-14-24(38-2)25(17-19)39-3/h5-14,17,26H,4,15-16,18H2,1-3H3,(H,32,36). The number of amides is 2. The number of ether oxygens (including phenoxy) is 3. The van der Waals surface area contributed by atoms with E-state index in [1.54, 1.807) is 63.6 Å². The summed E-state index contributed by atoms with van der Waals surface area (Å²) < 4.78 is 30.2. The summed E-state index contributed by atoms with van der Waals surface area (Å²) >= 11 is 1.10. The average Bonchev–Trinajstić information content (AvgIpc) is 2.98. The summed E-state index contributed by atoms with van der Waals surface area (Å²) in [6.45, 7) is 2.24. The molecule has 0 radical (unpaired) electrons. The van der Waals surface area contributed by atoms with Crippen LogP contribution in [-0.4, -0.2) is 60.5 Å². The molecule has 1 N–H and O–H groups in total. The zero-order chi connectivity index (χ0) is 29.4. The Labute approximate surface area is 241 Å². The van der Waals surface area contributed by atoms with E-state index in [1.807, 2.05) is 12.1 Å². The molecule has 1 atom stereocenters. The Morgan fingerprint density at radius 2 is 1.78 bits per heavy atom. The van der Waals surface area contributed by atoms with Gasteiger partial charge in [0.05, 0.1) is 26.4 Å². The van der Waals surface area contributed by atoms with Gasteiger partial charge in [-0.15, -0.1) is 0 Å². The minimum Gasteiger partial charge on any atom is -0.493 e. The number of hydrogen-bond acceptors (Lipinski definition) is 8. The normalized spacial score (nSPS) is 15.9. The van der Waals surface area contributed by atoms with Crippen LogP contribution < -0.4 is 14.8 Å². The zero-order valence-electron chi connectivity index (χ0n) is 22.9. The highest BCUT2D eigenvalue weighted by molar-refractivity contribution is 8.15. The van der Waals surface area contributed by atoms with Crippen molar-refractivity contribution in [2.45, 2.75) is 25.0 Å². The molecule has 4 rings (SSSR count). The maximum absolute atomic E-state index is 14.5. The summed E-state index contributed by atoms with van der Waals surface area (Å²) in [4.78, 5) is 44.3. The Balaban J connectivity index is 1.52. The molecule has 3 aromatic rings. The van der Waals surface area contributed by atoms with E-state index in [9.17, 15) is 18.8 Å². The first-order valence-electron chi connectivity index (χ1n) is 12.9. The molecule has 1 aliphatic heterocycles. The van der Waals surface area contributed by atoms with E-state index >= 15 is 0 Å². The van der Waals surface area contributed by atoms with Gasteiger partial charge in [-0.25, -0.2) is 14.2 Å². The molecule has 0 bridgehead atoms. The molecular formula is C30H30FN3O6S. The number of benzene rings is 3. The van der Waals surface area contributed by atoms with Crippen LogP contribution in [0.1, 0.15) is 29.3 Å². The van der Waals surface area contributed by atoms with E-state index in [4.69, 9.17) is 14.2 Å². The van der Waals surface area contributed by atoms with Gasteiger partial charge < -0.3 is 19.5 Å². The summed E-state index contributed by atoms with van der Waals surface area (Å²) in [7, 11) is 3.10. The number of carbonyl (C=O) groups is 3.